The van der Waals surface area contributed by atoms with Crippen molar-refractivity contribution in [1.29, 1.82) is 0 Å². The molecule has 0 unspecified atom stereocenters. The van der Waals surface area contributed by atoms with Gasteiger partial charge in [-0.15, -0.1) is 25.3 Å². The fourth-order valence-electron chi connectivity index (χ4n) is 1.93. The molecule has 0 amide bonds. The molecule has 0 aliphatic carbocycles. The molecule has 0 aromatic rings. The highest BCUT2D eigenvalue weighted by Crippen LogP contribution is 2.56. The zero-order valence-corrected chi connectivity index (χ0v) is 9.07. The van der Waals surface area contributed by atoms with Crippen molar-refractivity contribution in [2.45, 2.75) is 23.7 Å². The average molecular weight is 206 g/mol. The van der Waals surface area contributed by atoms with Gasteiger partial charge in [0.05, 0.1) is 13.2 Å². The molecule has 0 spiro atoms. The van der Waals surface area contributed by atoms with Crippen LogP contribution < -0.4 is 0 Å². The standard InChI is InChI=1S/C8H14O2S2/c1-5-3-9-8(12)6(2)4-10-7(5,8)11/h5-6,11-12H,3-4H2,1-2H3/t5-,6-,7-,8-/m0/s1. The van der Waals surface area contributed by atoms with Crippen LogP contribution in [0.4, 0.5) is 0 Å². The highest BCUT2D eigenvalue weighted by atomic mass is 32.1. The number of hydrogen-bond donors (Lipinski definition) is 2. The maximum atomic E-state index is 5.65. The number of rotatable bonds is 0. The van der Waals surface area contributed by atoms with Crippen LogP contribution in [0.2, 0.25) is 0 Å². The van der Waals surface area contributed by atoms with E-state index in [0.717, 1.165) is 0 Å². The molecule has 0 bridgehead atoms. The van der Waals surface area contributed by atoms with Crippen LogP contribution >= 0.6 is 25.3 Å². The number of fused-ring (bicyclic) bond motifs is 1. The van der Waals surface area contributed by atoms with E-state index >= 15 is 0 Å². The number of thiol groups is 2. The largest absolute Gasteiger partial charge is 0.360 e. The summed E-state index contributed by atoms with van der Waals surface area (Å²) in [6, 6.07) is 0. The summed E-state index contributed by atoms with van der Waals surface area (Å²) in [6.07, 6.45) is 0. The van der Waals surface area contributed by atoms with Gasteiger partial charge in [0, 0.05) is 11.8 Å². The molecular weight excluding hydrogens is 192 g/mol. The van der Waals surface area contributed by atoms with Gasteiger partial charge in [0.1, 0.15) is 0 Å². The topological polar surface area (TPSA) is 18.5 Å². The highest BCUT2D eigenvalue weighted by Gasteiger charge is 2.64. The minimum absolute atomic E-state index is 0.309. The van der Waals surface area contributed by atoms with Crippen molar-refractivity contribution < 1.29 is 9.47 Å². The van der Waals surface area contributed by atoms with Crippen molar-refractivity contribution in [3.63, 3.8) is 0 Å². The smallest absolute Gasteiger partial charge is 0.154 e. The van der Waals surface area contributed by atoms with E-state index in [9.17, 15) is 0 Å². The van der Waals surface area contributed by atoms with E-state index in [-0.39, 0.29) is 0 Å². The first-order valence-electron chi connectivity index (χ1n) is 4.23. The Morgan fingerprint density at radius 1 is 1.00 bits per heavy atom. The summed E-state index contributed by atoms with van der Waals surface area (Å²) in [4.78, 5) is -0.981. The van der Waals surface area contributed by atoms with Crippen LogP contribution in [-0.4, -0.2) is 23.1 Å². The van der Waals surface area contributed by atoms with E-state index < -0.39 is 9.87 Å². The van der Waals surface area contributed by atoms with E-state index in [4.69, 9.17) is 9.47 Å². The van der Waals surface area contributed by atoms with Gasteiger partial charge in [-0.2, -0.15) is 0 Å². The summed E-state index contributed by atoms with van der Waals surface area (Å²) >= 11 is 9.11. The monoisotopic (exact) mass is 206 g/mol. The predicted octanol–water partition coefficient (Wildman–Crippen LogP) is 1.57. The summed E-state index contributed by atoms with van der Waals surface area (Å²) in [5.74, 6) is 0.617. The minimum Gasteiger partial charge on any atom is -0.360 e. The van der Waals surface area contributed by atoms with E-state index in [1.165, 1.54) is 0 Å². The molecule has 0 aromatic carbocycles. The summed E-state index contributed by atoms with van der Waals surface area (Å²) in [5.41, 5.74) is 0. The zero-order chi connectivity index (χ0) is 8.98. The van der Waals surface area contributed by atoms with Gasteiger partial charge in [-0.05, 0) is 0 Å². The first-order chi connectivity index (χ1) is 5.51. The Hall–Kier alpha value is 0.620. The lowest BCUT2D eigenvalue weighted by Crippen LogP contribution is -2.44. The molecular formula is C8H14O2S2. The first-order valence-corrected chi connectivity index (χ1v) is 5.13. The van der Waals surface area contributed by atoms with Crippen molar-refractivity contribution >= 4 is 25.3 Å². The molecule has 0 radical (unpaired) electrons. The van der Waals surface area contributed by atoms with Gasteiger partial charge < -0.3 is 9.47 Å². The lowest BCUT2D eigenvalue weighted by molar-refractivity contribution is 0.0180. The molecule has 4 atom stereocenters. The van der Waals surface area contributed by atoms with Crippen LogP contribution in [0.15, 0.2) is 0 Å². The van der Waals surface area contributed by atoms with E-state index in [1.54, 1.807) is 0 Å². The third-order valence-corrected chi connectivity index (χ3v) is 4.94. The Morgan fingerprint density at radius 2 is 1.33 bits per heavy atom. The van der Waals surface area contributed by atoms with E-state index in [2.05, 4.69) is 39.1 Å². The molecule has 4 heteroatoms. The van der Waals surface area contributed by atoms with Crippen molar-refractivity contribution in [3.05, 3.63) is 0 Å². The van der Waals surface area contributed by atoms with Gasteiger partial charge in [-0.3, -0.25) is 0 Å². The summed E-state index contributed by atoms with van der Waals surface area (Å²) in [7, 11) is 0. The molecule has 2 heterocycles. The molecule has 2 aliphatic heterocycles. The predicted molar refractivity (Wildman–Crippen MR) is 53.7 cm³/mol. The Morgan fingerprint density at radius 3 is 1.67 bits per heavy atom. The maximum Gasteiger partial charge on any atom is 0.154 e. The lowest BCUT2D eigenvalue weighted by Gasteiger charge is -2.33. The highest BCUT2D eigenvalue weighted by molar-refractivity contribution is 7.86. The molecule has 0 aromatic heterocycles. The number of hydrogen-bond acceptors (Lipinski definition) is 4. The van der Waals surface area contributed by atoms with E-state index in [0.29, 0.717) is 25.0 Å². The second kappa shape index (κ2) is 2.56. The fraction of sp³-hybridized carbons (Fsp3) is 1.00. The molecule has 0 saturated carbocycles. The Bertz CT molecular complexity index is 189. The Labute approximate surface area is 83.8 Å². The fourth-order valence-corrected chi connectivity index (χ4v) is 2.80. The molecule has 2 nitrogen and oxygen atoms in total. The van der Waals surface area contributed by atoms with Crippen molar-refractivity contribution in [3.8, 4) is 0 Å². The quantitative estimate of drug-likeness (QED) is 0.586. The summed E-state index contributed by atoms with van der Waals surface area (Å²) in [6.45, 7) is 5.56. The van der Waals surface area contributed by atoms with Gasteiger partial charge in [-0.25, -0.2) is 0 Å². The third kappa shape index (κ3) is 0.870. The van der Waals surface area contributed by atoms with Gasteiger partial charge in [0.25, 0.3) is 0 Å². The molecule has 12 heavy (non-hydrogen) atoms. The van der Waals surface area contributed by atoms with Gasteiger partial charge >= 0.3 is 0 Å². The third-order valence-electron chi connectivity index (χ3n) is 2.96. The number of ether oxygens (including phenoxy) is 2. The van der Waals surface area contributed by atoms with E-state index in [1.807, 2.05) is 0 Å². The first kappa shape index (κ1) is 9.19. The summed E-state index contributed by atoms with van der Waals surface area (Å²) in [5, 5.41) is 0. The average Bonchev–Trinajstić information content (AvgIpc) is 2.39. The second-order valence-electron chi connectivity index (χ2n) is 3.82. The minimum atomic E-state index is -0.491. The van der Waals surface area contributed by atoms with Crippen LogP contribution in [0.25, 0.3) is 0 Å². The van der Waals surface area contributed by atoms with Crippen LogP contribution in [0.3, 0.4) is 0 Å². The van der Waals surface area contributed by atoms with Crippen molar-refractivity contribution in [2.75, 3.05) is 13.2 Å². The Kier molecular flexibility index (Phi) is 1.96. The molecule has 0 N–H and O–H groups in total. The van der Waals surface area contributed by atoms with Crippen LogP contribution in [0.1, 0.15) is 13.8 Å². The van der Waals surface area contributed by atoms with Gasteiger partial charge in [0.2, 0.25) is 0 Å². The molecule has 2 saturated heterocycles. The van der Waals surface area contributed by atoms with Crippen LogP contribution in [0.5, 0.6) is 0 Å². The SMILES string of the molecule is C[C@H]1CO[C@]2(S)[C@@H](C)CO[C@]12S. The maximum absolute atomic E-state index is 5.65. The normalized spacial score (nSPS) is 59.0. The lowest BCUT2D eigenvalue weighted by atomic mass is 9.97. The van der Waals surface area contributed by atoms with Gasteiger partial charge in [-0.1, -0.05) is 13.8 Å². The molecule has 2 rings (SSSR count). The molecule has 2 aliphatic rings. The van der Waals surface area contributed by atoms with Crippen molar-refractivity contribution in [2.24, 2.45) is 11.8 Å². The van der Waals surface area contributed by atoms with Gasteiger partial charge in [0.15, 0.2) is 9.87 Å². The van der Waals surface area contributed by atoms with Crippen molar-refractivity contribution in [1.82, 2.24) is 0 Å². The molecule has 2 fully saturated rings. The van der Waals surface area contributed by atoms with Crippen LogP contribution in [-0.2, 0) is 9.47 Å². The zero-order valence-electron chi connectivity index (χ0n) is 7.28. The Balaban J connectivity index is 2.37. The molecule has 70 valence electrons. The summed E-state index contributed by atoms with van der Waals surface area (Å²) < 4.78 is 11.3. The van der Waals surface area contributed by atoms with Crippen LogP contribution in [0, 0.1) is 11.8 Å². The second-order valence-corrected chi connectivity index (χ2v) is 5.15.